The molecule has 4 nitrogen and oxygen atoms in total. The Labute approximate surface area is 126 Å². The maximum atomic E-state index is 6.07. The Morgan fingerprint density at radius 1 is 1.05 bits per heavy atom. The summed E-state index contributed by atoms with van der Waals surface area (Å²) in [4.78, 5) is 3.97. The number of hydrogen-bond donors (Lipinski definition) is 0. The van der Waals surface area contributed by atoms with E-state index in [9.17, 15) is 0 Å². The fraction of sp³-hybridized carbons (Fsp3) is 0.0625. The number of halogens is 1. The highest BCUT2D eigenvalue weighted by molar-refractivity contribution is 6.34. The van der Waals surface area contributed by atoms with Crippen molar-refractivity contribution in [2.24, 2.45) is 0 Å². The standard InChI is InChI=1S/C16H10ClN3O/c1-21-15-5-4-13-14(10-19-20-16(13)17)12(15)3-2-11-6-8-18-9-7-11/h4-10H,1H3. The number of fused-ring (bicyclic) bond motifs is 1. The summed E-state index contributed by atoms with van der Waals surface area (Å²) in [6, 6.07) is 7.37. The first-order chi connectivity index (χ1) is 10.3. The van der Waals surface area contributed by atoms with Crippen molar-refractivity contribution in [1.29, 1.82) is 0 Å². The van der Waals surface area contributed by atoms with Crippen LogP contribution in [-0.4, -0.2) is 22.3 Å². The van der Waals surface area contributed by atoms with E-state index in [0.717, 1.165) is 21.9 Å². The summed E-state index contributed by atoms with van der Waals surface area (Å²) < 4.78 is 5.38. The van der Waals surface area contributed by atoms with Crippen molar-refractivity contribution in [3.63, 3.8) is 0 Å². The monoisotopic (exact) mass is 295 g/mol. The molecule has 0 fully saturated rings. The van der Waals surface area contributed by atoms with E-state index in [1.807, 2.05) is 24.3 Å². The molecule has 0 atom stereocenters. The first-order valence-corrected chi connectivity index (χ1v) is 6.57. The van der Waals surface area contributed by atoms with Gasteiger partial charge in [-0.3, -0.25) is 4.98 Å². The van der Waals surface area contributed by atoms with E-state index >= 15 is 0 Å². The first kappa shape index (κ1) is 13.3. The summed E-state index contributed by atoms with van der Waals surface area (Å²) in [6.07, 6.45) is 5.04. The van der Waals surface area contributed by atoms with Crippen LogP contribution in [0.25, 0.3) is 10.8 Å². The smallest absolute Gasteiger partial charge is 0.159 e. The molecular weight excluding hydrogens is 286 g/mol. The molecule has 0 spiro atoms. The summed E-state index contributed by atoms with van der Waals surface area (Å²) in [5, 5.41) is 9.69. The molecule has 0 unspecified atom stereocenters. The largest absolute Gasteiger partial charge is 0.495 e. The third-order valence-electron chi connectivity index (χ3n) is 2.99. The Kier molecular flexibility index (Phi) is 3.67. The van der Waals surface area contributed by atoms with Gasteiger partial charge in [0.15, 0.2) is 5.15 Å². The molecule has 2 aromatic heterocycles. The van der Waals surface area contributed by atoms with E-state index in [4.69, 9.17) is 16.3 Å². The number of pyridine rings is 1. The van der Waals surface area contributed by atoms with Gasteiger partial charge >= 0.3 is 0 Å². The van der Waals surface area contributed by atoms with Crippen LogP contribution in [0, 0.1) is 11.8 Å². The zero-order chi connectivity index (χ0) is 14.7. The minimum absolute atomic E-state index is 0.349. The Morgan fingerprint density at radius 2 is 1.86 bits per heavy atom. The van der Waals surface area contributed by atoms with Crippen LogP contribution in [0.2, 0.25) is 5.15 Å². The maximum Gasteiger partial charge on any atom is 0.159 e. The molecule has 0 aliphatic carbocycles. The van der Waals surface area contributed by atoms with Crippen LogP contribution in [0.15, 0.2) is 42.9 Å². The lowest BCUT2D eigenvalue weighted by atomic mass is 10.1. The summed E-state index contributed by atoms with van der Waals surface area (Å²) in [5.74, 6) is 6.88. The Hall–Kier alpha value is -2.64. The lowest BCUT2D eigenvalue weighted by Gasteiger charge is -2.07. The highest BCUT2D eigenvalue weighted by Gasteiger charge is 2.09. The fourth-order valence-corrected chi connectivity index (χ4v) is 2.18. The molecule has 3 rings (SSSR count). The van der Waals surface area contributed by atoms with E-state index in [0.29, 0.717) is 10.9 Å². The molecule has 0 aliphatic rings. The normalized spacial score (nSPS) is 10.0. The van der Waals surface area contributed by atoms with Crippen molar-refractivity contribution in [1.82, 2.24) is 15.2 Å². The molecular formula is C16H10ClN3O. The molecule has 0 saturated heterocycles. The summed E-state index contributed by atoms with van der Waals surface area (Å²) in [7, 11) is 1.61. The average molecular weight is 296 g/mol. The lowest BCUT2D eigenvalue weighted by Crippen LogP contribution is -1.92. The number of ether oxygens (including phenoxy) is 1. The highest BCUT2D eigenvalue weighted by atomic mass is 35.5. The summed E-state index contributed by atoms with van der Waals surface area (Å²) in [5.41, 5.74) is 1.61. The molecule has 102 valence electrons. The number of rotatable bonds is 1. The van der Waals surface area contributed by atoms with E-state index in [2.05, 4.69) is 27.0 Å². The van der Waals surface area contributed by atoms with E-state index < -0.39 is 0 Å². The zero-order valence-corrected chi connectivity index (χ0v) is 11.9. The molecule has 0 bridgehead atoms. The number of benzene rings is 1. The van der Waals surface area contributed by atoms with Gasteiger partial charge in [0.2, 0.25) is 0 Å². The SMILES string of the molecule is COc1ccc2c(Cl)nncc2c1C#Cc1ccncc1. The third kappa shape index (κ3) is 2.64. The molecule has 0 aliphatic heterocycles. The van der Waals surface area contributed by atoms with Crippen molar-refractivity contribution < 1.29 is 4.74 Å². The second-order valence-corrected chi connectivity index (χ2v) is 4.58. The first-order valence-electron chi connectivity index (χ1n) is 6.19. The number of hydrogen-bond acceptors (Lipinski definition) is 4. The molecule has 1 aromatic carbocycles. The van der Waals surface area contributed by atoms with Crippen LogP contribution < -0.4 is 4.74 Å². The van der Waals surface area contributed by atoms with Gasteiger partial charge in [0.25, 0.3) is 0 Å². The Morgan fingerprint density at radius 3 is 2.62 bits per heavy atom. The van der Waals surface area contributed by atoms with Gasteiger partial charge in [-0.2, -0.15) is 5.10 Å². The predicted octanol–water partition coefficient (Wildman–Crippen LogP) is 3.09. The quantitative estimate of drug-likeness (QED) is 0.647. The molecule has 2 heterocycles. The highest BCUT2D eigenvalue weighted by Crippen LogP contribution is 2.29. The third-order valence-corrected chi connectivity index (χ3v) is 3.27. The van der Waals surface area contributed by atoms with Gasteiger partial charge < -0.3 is 4.74 Å². The molecule has 0 saturated carbocycles. The van der Waals surface area contributed by atoms with Gasteiger partial charge in [-0.05, 0) is 24.3 Å². The van der Waals surface area contributed by atoms with Crippen LogP contribution in [0.3, 0.4) is 0 Å². The van der Waals surface area contributed by atoms with Gasteiger partial charge in [0, 0.05) is 28.7 Å². The van der Waals surface area contributed by atoms with Crippen molar-refractivity contribution >= 4 is 22.4 Å². The average Bonchev–Trinajstić information content (AvgIpc) is 2.54. The van der Waals surface area contributed by atoms with Gasteiger partial charge in [-0.1, -0.05) is 23.4 Å². The number of nitrogens with zero attached hydrogens (tertiary/aromatic N) is 3. The molecule has 0 amide bonds. The second kappa shape index (κ2) is 5.78. The van der Waals surface area contributed by atoms with Crippen molar-refractivity contribution in [2.75, 3.05) is 7.11 Å². The van der Waals surface area contributed by atoms with Gasteiger partial charge in [-0.25, -0.2) is 0 Å². The van der Waals surface area contributed by atoms with Crippen LogP contribution in [0.5, 0.6) is 5.75 Å². The van der Waals surface area contributed by atoms with E-state index in [-0.39, 0.29) is 0 Å². The summed E-state index contributed by atoms with van der Waals surface area (Å²) >= 11 is 6.07. The van der Waals surface area contributed by atoms with Gasteiger partial charge in [0.1, 0.15) is 5.75 Å². The molecule has 5 heteroatoms. The minimum Gasteiger partial charge on any atom is -0.495 e. The van der Waals surface area contributed by atoms with Crippen LogP contribution in [0.1, 0.15) is 11.1 Å². The van der Waals surface area contributed by atoms with E-state index in [1.165, 1.54) is 0 Å². The van der Waals surface area contributed by atoms with Gasteiger partial charge in [-0.15, -0.1) is 5.10 Å². The van der Waals surface area contributed by atoms with Crippen LogP contribution >= 0.6 is 11.6 Å². The molecule has 21 heavy (non-hydrogen) atoms. The minimum atomic E-state index is 0.349. The molecule has 0 N–H and O–H groups in total. The van der Waals surface area contributed by atoms with Crippen molar-refractivity contribution in [2.45, 2.75) is 0 Å². The zero-order valence-electron chi connectivity index (χ0n) is 11.2. The topological polar surface area (TPSA) is 47.9 Å². The maximum absolute atomic E-state index is 6.07. The molecule has 3 aromatic rings. The van der Waals surface area contributed by atoms with Crippen molar-refractivity contribution in [3.05, 3.63) is 59.1 Å². The predicted molar refractivity (Wildman–Crippen MR) is 81.3 cm³/mol. The second-order valence-electron chi connectivity index (χ2n) is 4.23. The lowest BCUT2D eigenvalue weighted by molar-refractivity contribution is 0.414. The van der Waals surface area contributed by atoms with Crippen molar-refractivity contribution in [3.8, 4) is 17.6 Å². The fourth-order valence-electron chi connectivity index (χ4n) is 1.97. The Bertz CT molecular complexity index is 854. The van der Waals surface area contributed by atoms with Crippen LogP contribution in [0.4, 0.5) is 0 Å². The van der Waals surface area contributed by atoms with E-state index in [1.54, 1.807) is 25.7 Å². The van der Waals surface area contributed by atoms with Crippen LogP contribution in [-0.2, 0) is 0 Å². The number of aromatic nitrogens is 3. The number of methoxy groups -OCH3 is 1. The summed E-state index contributed by atoms with van der Waals surface area (Å²) in [6.45, 7) is 0. The van der Waals surface area contributed by atoms with Gasteiger partial charge in [0.05, 0.1) is 18.9 Å². The Balaban J connectivity index is 2.21. The molecule has 0 radical (unpaired) electrons.